The number of hydrogen-bond donors (Lipinski definition) is 1. The number of rotatable bonds is 4. The first-order valence-electron chi connectivity index (χ1n) is 12.2. The predicted molar refractivity (Wildman–Crippen MR) is 138 cm³/mol. The molecule has 5 rings (SSSR count). The second-order valence-corrected chi connectivity index (χ2v) is 10.3. The highest BCUT2D eigenvalue weighted by molar-refractivity contribution is 7.13. The number of hydrogen-bond acceptors (Lipinski definition) is 7. The number of nitrogens with one attached hydrogen (secondary N) is 1. The lowest BCUT2D eigenvalue weighted by Gasteiger charge is -2.35. The summed E-state index contributed by atoms with van der Waals surface area (Å²) in [6, 6.07) is 6.11. The molecule has 0 atom stereocenters. The number of carbonyl (C=O) groups excluding carboxylic acids is 2. The molecule has 4 heterocycles. The minimum Gasteiger partial charge on any atom is -0.378 e. The molecule has 8 nitrogen and oxygen atoms in total. The van der Waals surface area contributed by atoms with Crippen molar-refractivity contribution < 1.29 is 14.3 Å². The van der Waals surface area contributed by atoms with Gasteiger partial charge >= 0.3 is 0 Å². The van der Waals surface area contributed by atoms with Gasteiger partial charge in [0, 0.05) is 44.0 Å². The smallest absolute Gasteiger partial charge is 0.257 e. The summed E-state index contributed by atoms with van der Waals surface area (Å²) in [5, 5.41) is 4.06. The third kappa shape index (κ3) is 4.88. The van der Waals surface area contributed by atoms with E-state index in [0.29, 0.717) is 45.0 Å². The molecule has 0 unspecified atom stereocenters. The summed E-state index contributed by atoms with van der Waals surface area (Å²) in [5.41, 5.74) is 5.53. The van der Waals surface area contributed by atoms with Gasteiger partial charge < -0.3 is 19.9 Å². The van der Waals surface area contributed by atoms with Gasteiger partial charge in [-0.1, -0.05) is 6.07 Å². The highest BCUT2D eigenvalue weighted by Crippen LogP contribution is 2.37. The van der Waals surface area contributed by atoms with Gasteiger partial charge in [-0.25, -0.2) is 4.98 Å². The predicted octanol–water partition coefficient (Wildman–Crippen LogP) is 3.94. The second kappa shape index (κ2) is 9.91. The molecule has 0 spiro atoms. The summed E-state index contributed by atoms with van der Waals surface area (Å²) >= 11 is 1.36. The Morgan fingerprint density at radius 1 is 1.03 bits per heavy atom. The van der Waals surface area contributed by atoms with E-state index in [-0.39, 0.29) is 17.7 Å². The molecule has 0 aliphatic carbocycles. The summed E-state index contributed by atoms with van der Waals surface area (Å²) in [4.78, 5) is 36.0. The molecule has 2 saturated heterocycles. The average Bonchev–Trinajstić information content (AvgIpc) is 3.24. The third-order valence-corrected chi connectivity index (χ3v) is 7.70. The molecule has 2 fully saturated rings. The summed E-state index contributed by atoms with van der Waals surface area (Å²) in [6.07, 6.45) is 3.15. The third-order valence-electron chi connectivity index (χ3n) is 6.85. The van der Waals surface area contributed by atoms with E-state index in [1.165, 1.54) is 11.5 Å². The van der Waals surface area contributed by atoms with Crippen molar-refractivity contribution in [3.05, 3.63) is 46.8 Å². The summed E-state index contributed by atoms with van der Waals surface area (Å²) in [6.45, 7) is 9.70. The van der Waals surface area contributed by atoms with Crippen molar-refractivity contribution in [1.82, 2.24) is 14.3 Å². The van der Waals surface area contributed by atoms with Crippen LogP contribution >= 0.6 is 11.5 Å². The average molecular weight is 494 g/mol. The van der Waals surface area contributed by atoms with Crippen LogP contribution in [-0.2, 0) is 9.53 Å². The van der Waals surface area contributed by atoms with Crippen LogP contribution in [-0.4, -0.2) is 65.5 Å². The molecule has 0 radical (unpaired) electrons. The molecular weight excluding hydrogens is 462 g/mol. The lowest BCUT2D eigenvalue weighted by molar-refractivity contribution is -0.120. The molecular formula is C26H31N5O3S. The number of aromatic nitrogens is 2. The van der Waals surface area contributed by atoms with Crippen LogP contribution in [0.4, 0.5) is 11.4 Å². The van der Waals surface area contributed by atoms with Crippen molar-refractivity contribution in [3.8, 4) is 0 Å². The quantitative estimate of drug-likeness (QED) is 0.592. The van der Waals surface area contributed by atoms with E-state index < -0.39 is 0 Å². The summed E-state index contributed by atoms with van der Waals surface area (Å²) in [5.74, 6) is -0.0185. The maximum atomic E-state index is 13.5. The number of pyridine rings is 1. The maximum absolute atomic E-state index is 13.5. The number of fused-ring (bicyclic) bond motifs is 1. The van der Waals surface area contributed by atoms with Gasteiger partial charge in [-0.2, -0.15) is 4.37 Å². The van der Waals surface area contributed by atoms with Gasteiger partial charge in [0.2, 0.25) is 5.91 Å². The Bertz CT molecular complexity index is 1240. The minimum absolute atomic E-state index is 0.0158. The molecule has 184 valence electrons. The van der Waals surface area contributed by atoms with E-state index in [2.05, 4.69) is 25.6 Å². The van der Waals surface area contributed by atoms with Crippen molar-refractivity contribution in [3.63, 3.8) is 0 Å². The van der Waals surface area contributed by atoms with Crippen LogP contribution in [0, 0.1) is 26.7 Å². The molecule has 2 amide bonds. The zero-order chi connectivity index (χ0) is 24.5. The Kier molecular flexibility index (Phi) is 6.71. The van der Waals surface area contributed by atoms with Crippen molar-refractivity contribution in [2.45, 2.75) is 33.6 Å². The Labute approximate surface area is 209 Å². The maximum Gasteiger partial charge on any atom is 0.257 e. The number of ether oxygens (including phenoxy) is 1. The summed E-state index contributed by atoms with van der Waals surface area (Å²) in [7, 11) is 0. The molecule has 1 aromatic carbocycles. The van der Waals surface area contributed by atoms with Crippen molar-refractivity contribution >= 4 is 44.9 Å². The highest BCUT2D eigenvalue weighted by atomic mass is 32.1. The first-order valence-corrected chi connectivity index (χ1v) is 12.9. The largest absolute Gasteiger partial charge is 0.378 e. The van der Waals surface area contributed by atoms with Crippen LogP contribution in [0.2, 0.25) is 0 Å². The first kappa shape index (κ1) is 23.7. The SMILES string of the molecule is Cc1cc(C)cc(NC(=O)C2CCN(c3c(C(=O)N4CCOCC4)cnc4snc(C)c34)CC2)c1. The van der Waals surface area contributed by atoms with Crippen molar-refractivity contribution in [1.29, 1.82) is 0 Å². The van der Waals surface area contributed by atoms with Crippen LogP contribution in [0.3, 0.4) is 0 Å². The fourth-order valence-corrected chi connectivity index (χ4v) is 5.87. The van der Waals surface area contributed by atoms with Gasteiger partial charge in [-0.15, -0.1) is 0 Å². The molecule has 9 heteroatoms. The molecule has 35 heavy (non-hydrogen) atoms. The first-order chi connectivity index (χ1) is 16.9. The van der Waals surface area contributed by atoms with Crippen LogP contribution < -0.4 is 10.2 Å². The van der Waals surface area contributed by atoms with E-state index in [1.54, 1.807) is 6.20 Å². The van der Waals surface area contributed by atoms with E-state index >= 15 is 0 Å². The van der Waals surface area contributed by atoms with Gasteiger partial charge in [-0.3, -0.25) is 9.59 Å². The normalized spacial score (nSPS) is 17.1. The number of carbonyl (C=O) groups is 2. The number of aryl methyl sites for hydroxylation is 3. The molecule has 3 aromatic rings. The van der Waals surface area contributed by atoms with E-state index in [9.17, 15) is 9.59 Å². The Morgan fingerprint density at radius 3 is 2.40 bits per heavy atom. The fourth-order valence-electron chi connectivity index (χ4n) is 5.12. The Hall–Kier alpha value is -3.04. The van der Waals surface area contributed by atoms with E-state index in [4.69, 9.17) is 4.74 Å². The lowest BCUT2D eigenvalue weighted by atomic mass is 9.94. The molecule has 2 aliphatic rings. The van der Waals surface area contributed by atoms with Crippen LogP contribution in [0.5, 0.6) is 0 Å². The highest BCUT2D eigenvalue weighted by Gasteiger charge is 2.31. The van der Waals surface area contributed by atoms with Crippen molar-refractivity contribution in [2.75, 3.05) is 49.6 Å². The van der Waals surface area contributed by atoms with E-state index in [1.807, 2.05) is 37.8 Å². The van der Waals surface area contributed by atoms with E-state index in [0.717, 1.165) is 51.3 Å². The number of benzene rings is 1. The van der Waals surface area contributed by atoms with Crippen LogP contribution in [0.15, 0.2) is 24.4 Å². The number of anilines is 2. The lowest BCUT2D eigenvalue weighted by Crippen LogP contribution is -2.42. The van der Waals surface area contributed by atoms with Gasteiger partial charge in [-0.05, 0) is 68.4 Å². The summed E-state index contributed by atoms with van der Waals surface area (Å²) < 4.78 is 9.94. The monoisotopic (exact) mass is 493 g/mol. The molecule has 2 aromatic heterocycles. The second-order valence-electron chi connectivity index (χ2n) is 9.50. The number of amides is 2. The molecule has 0 saturated carbocycles. The van der Waals surface area contributed by atoms with Gasteiger partial charge in [0.1, 0.15) is 4.83 Å². The van der Waals surface area contributed by atoms with Gasteiger partial charge in [0.05, 0.1) is 35.5 Å². The standard InChI is InChI=1S/C26H31N5O3S/c1-16-12-17(2)14-20(13-16)28-24(32)19-4-6-30(7-5-19)23-21(26(33)31-8-10-34-11-9-31)15-27-25-22(23)18(3)29-35-25/h12-15,19H,4-11H2,1-3H3,(H,28,32). The topological polar surface area (TPSA) is 87.7 Å². The number of piperidine rings is 1. The van der Waals surface area contributed by atoms with Gasteiger partial charge in [0.25, 0.3) is 5.91 Å². The number of nitrogens with zero attached hydrogens (tertiary/aromatic N) is 4. The van der Waals surface area contributed by atoms with Crippen molar-refractivity contribution in [2.24, 2.45) is 5.92 Å². The zero-order valence-corrected chi connectivity index (χ0v) is 21.3. The van der Waals surface area contributed by atoms with Gasteiger partial charge in [0.15, 0.2) is 0 Å². The van der Waals surface area contributed by atoms with Crippen LogP contribution in [0.1, 0.15) is 40.0 Å². The molecule has 2 aliphatic heterocycles. The van der Waals surface area contributed by atoms with Crippen LogP contribution in [0.25, 0.3) is 10.2 Å². The molecule has 1 N–H and O–H groups in total. The minimum atomic E-state index is -0.0653. The molecule has 0 bridgehead atoms. The Balaban J connectivity index is 1.36. The number of morpholine rings is 1. The Morgan fingerprint density at radius 2 is 1.71 bits per heavy atom. The fraction of sp³-hybridized carbons (Fsp3) is 0.462. The zero-order valence-electron chi connectivity index (χ0n) is 20.5.